The van der Waals surface area contributed by atoms with E-state index >= 15 is 0 Å². The number of hydrogen-bond acceptors (Lipinski definition) is 4. The van der Waals surface area contributed by atoms with Gasteiger partial charge in [0.1, 0.15) is 0 Å². The second kappa shape index (κ2) is 10.3. The van der Waals surface area contributed by atoms with E-state index in [1.165, 1.54) is 18.5 Å². The molecule has 1 saturated heterocycles. The molecular formula is C22H33N5O. The molecule has 3 rings (SSSR count). The largest absolute Gasteiger partial charge is 0.359 e. The van der Waals surface area contributed by atoms with E-state index in [9.17, 15) is 0 Å². The molecule has 0 bridgehead atoms. The van der Waals surface area contributed by atoms with Gasteiger partial charge < -0.3 is 20.1 Å². The summed E-state index contributed by atoms with van der Waals surface area (Å²) in [5.41, 5.74) is 2.41. The van der Waals surface area contributed by atoms with Crippen LogP contribution in [-0.4, -0.2) is 49.2 Å². The zero-order chi connectivity index (χ0) is 19.8. The Morgan fingerprint density at radius 2 is 2.11 bits per heavy atom. The Bertz CT molecular complexity index is 740. The minimum Gasteiger partial charge on any atom is -0.359 e. The molecule has 0 spiro atoms. The van der Waals surface area contributed by atoms with Crippen LogP contribution >= 0.6 is 0 Å². The van der Waals surface area contributed by atoms with Gasteiger partial charge in [-0.2, -0.15) is 0 Å². The molecule has 2 heterocycles. The topological polar surface area (TPSA) is 65.7 Å². The van der Waals surface area contributed by atoms with E-state index in [2.05, 4.69) is 69.9 Å². The molecule has 0 amide bonds. The Morgan fingerprint density at radius 3 is 2.82 bits per heavy atom. The van der Waals surface area contributed by atoms with Crippen LogP contribution in [0.4, 0.5) is 0 Å². The average Bonchev–Trinajstić information content (AvgIpc) is 3.37. The van der Waals surface area contributed by atoms with E-state index in [1.54, 1.807) is 7.05 Å². The van der Waals surface area contributed by atoms with E-state index < -0.39 is 0 Å². The molecule has 1 atom stereocenters. The number of nitrogens with zero attached hydrogens (tertiary/aromatic N) is 3. The lowest BCUT2D eigenvalue weighted by Crippen LogP contribution is -2.39. The summed E-state index contributed by atoms with van der Waals surface area (Å²) in [6, 6.07) is 12.7. The SMILES string of the molecule is CN=C(NCc1cc(C(C)C)no1)NCC1CCN(CCc2ccccc2)C1. The van der Waals surface area contributed by atoms with Crippen LogP contribution in [0.2, 0.25) is 0 Å². The van der Waals surface area contributed by atoms with Crippen molar-refractivity contribution in [2.24, 2.45) is 10.9 Å². The zero-order valence-electron chi connectivity index (χ0n) is 17.3. The molecule has 1 fully saturated rings. The number of likely N-dealkylation sites (tertiary alicyclic amines) is 1. The van der Waals surface area contributed by atoms with Crippen LogP contribution in [0.3, 0.4) is 0 Å². The van der Waals surface area contributed by atoms with Crippen molar-refractivity contribution in [3.8, 4) is 0 Å². The minimum atomic E-state index is 0.377. The summed E-state index contributed by atoms with van der Waals surface area (Å²) < 4.78 is 5.37. The second-order valence-electron chi connectivity index (χ2n) is 7.87. The Hall–Kier alpha value is -2.34. The van der Waals surface area contributed by atoms with Gasteiger partial charge in [-0.1, -0.05) is 49.3 Å². The zero-order valence-corrected chi connectivity index (χ0v) is 17.3. The van der Waals surface area contributed by atoms with Crippen molar-refractivity contribution >= 4 is 5.96 Å². The van der Waals surface area contributed by atoms with E-state index in [1.807, 2.05) is 6.07 Å². The highest BCUT2D eigenvalue weighted by atomic mass is 16.5. The average molecular weight is 384 g/mol. The maximum atomic E-state index is 5.37. The fourth-order valence-corrected chi connectivity index (χ4v) is 3.53. The molecule has 0 aliphatic carbocycles. The third-order valence-corrected chi connectivity index (χ3v) is 5.31. The first-order valence-corrected chi connectivity index (χ1v) is 10.3. The summed E-state index contributed by atoms with van der Waals surface area (Å²) in [7, 11) is 1.80. The number of nitrogens with one attached hydrogen (secondary N) is 2. The van der Waals surface area contributed by atoms with Gasteiger partial charge in [0.2, 0.25) is 0 Å². The molecule has 0 saturated carbocycles. The molecule has 2 aromatic rings. The Balaban J connectivity index is 1.35. The normalized spacial score (nSPS) is 18.0. The highest BCUT2D eigenvalue weighted by molar-refractivity contribution is 5.79. The molecule has 1 aromatic carbocycles. The van der Waals surface area contributed by atoms with E-state index in [4.69, 9.17) is 4.52 Å². The van der Waals surface area contributed by atoms with Crippen LogP contribution in [-0.2, 0) is 13.0 Å². The van der Waals surface area contributed by atoms with Crippen molar-refractivity contribution in [3.05, 3.63) is 53.4 Å². The number of aromatic nitrogens is 1. The van der Waals surface area contributed by atoms with Crippen molar-refractivity contribution in [2.75, 3.05) is 33.2 Å². The standard InChI is InChI=1S/C22H33N5O/c1-17(2)21-13-20(28-26-21)15-25-22(23-3)24-14-19-10-12-27(16-19)11-9-18-7-5-4-6-8-18/h4-8,13,17,19H,9-12,14-16H2,1-3H3,(H2,23,24,25). The van der Waals surface area contributed by atoms with Crippen molar-refractivity contribution in [1.82, 2.24) is 20.7 Å². The van der Waals surface area contributed by atoms with Gasteiger partial charge in [-0.05, 0) is 36.8 Å². The van der Waals surface area contributed by atoms with Crippen LogP contribution in [0.15, 0.2) is 45.9 Å². The molecule has 1 aliphatic heterocycles. The highest BCUT2D eigenvalue weighted by Crippen LogP contribution is 2.16. The smallest absolute Gasteiger partial charge is 0.191 e. The quantitative estimate of drug-likeness (QED) is 0.542. The Kier molecular flexibility index (Phi) is 7.48. The second-order valence-corrected chi connectivity index (χ2v) is 7.87. The first-order valence-electron chi connectivity index (χ1n) is 10.3. The van der Waals surface area contributed by atoms with Gasteiger partial charge in [0.25, 0.3) is 0 Å². The van der Waals surface area contributed by atoms with Gasteiger partial charge in [0.05, 0.1) is 12.2 Å². The summed E-state index contributed by atoms with van der Waals surface area (Å²) in [4.78, 5) is 6.89. The number of rotatable bonds is 8. The summed E-state index contributed by atoms with van der Waals surface area (Å²) >= 11 is 0. The number of aliphatic imine (C=N–C) groups is 1. The molecular weight excluding hydrogens is 350 g/mol. The maximum absolute atomic E-state index is 5.37. The van der Waals surface area contributed by atoms with E-state index in [0.717, 1.165) is 43.5 Å². The summed E-state index contributed by atoms with van der Waals surface area (Å²) in [6.45, 7) is 9.22. The third-order valence-electron chi connectivity index (χ3n) is 5.31. The molecule has 1 unspecified atom stereocenters. The van der Waals surface area contributed by atoms with Gasteiger partial charge in [-0.15, -0.1) is 0 Å². The highest BCUT2D eigenvalue weighted by Gasteiger charge is 2.22. The van der Waals surface area contributed by atoms with Crippen molar-refractivity contribution in [3.63, 3.8) is 0 Å². The molecule has 1 aliphatic rings. The molecule has 2 N–H and O–H groups in total. The maximum Gasteiger partial charge on any atom is 0.191 e. The Labute approximate surface area is 168 Å². The predicted molar refractivity (Wildman–Crippen MR) is 113 cm³/mol. The predicted octanol–water partition coefficient (Wildman–Crippen LogP) is 3.03. The number of guanidine groups is 1. The van der Waals surface area contributed by atoms with Gasteiger partial charge in [0.15, 0.2) is 11.7 Å². The molecule has 152 valence electrons. The summed E-state index contributed by atoms with van der Waals surface area (Å²) in [6.07, 6.45) is 2.36. The van der Waals surface area contributed by atoms with Crippen molar-refractivity contribution < 1.29 is 4.52 Å². The van der Waals surface area contributed by atoms with Crippen molar-refractivity contribution in [1.29, 1.82) is 0 Å². The Morgan fingerprint density at radius 1 is 1.29 bits per heavy atom. The van der Waals surface area contributed by atoms with Crippen LogP contribution in [0, 0.1) is 5.92 Å². The molecule has 6 heteroatoms. The monoisotopic (exact) mass is 383 g/mol. The fraction of sp³-hybridized carbons (Fsp3) is 0.545. The van der Waals surface area contributed by atoms with E-state index in [-0.39, 0.29) is 0 Å². The lowest BCUT2D eigenvalue weighted by atomic mass is 10.1. The van der Waals surface area contributed by atoms with Gasteiger partial charge >= 0.3 is 0 Å². The van der Waals surface area contributed by atoms with Crippen LogP contribution in [0.5, 0.6) is 0 Å². The van der Waals surface area contributed by atoms with Gasteiger partial charge in [0, 0.05) is 32.7 Å². The first kappa shape index (κ1) is 20.4. The third kappa shape index (κ3) is 6.09. The van der Waals surface area contributed by atoms with E-state index in [0.29, 0.717) is 18.4 Å². The summed E-state index contributed by atoms with van der Waals surface area (Å²) in [5, 5.41) is 10.9. The van der Waals surface area contributed by atoms with Gasteiger partial charge in [-0.25, -0.2) is 0 Å². The fourth-order valence-electron chi connectivity index (χ4n) is 3.53. The first-order chi connectivity index (χ1) is 13.6. The molecule has 0 radical (unpaired) electrons. The number of hydrogen-bond donors (Lipinski definition) is 2. The lowest BCUT2D eigenvalue weighted by Gasteiger charge is -2.17. The van der Waals surface area contributed by atoms with Crippen molar-refractivity contribution in [2.45, 2.75) is 39.2 Å². The summed E-state index contributed by atoms with van der Waals surface area (Å²) in [5.74, 6) is 2.68. The lowest BCUT2D eigenvalue weighted by molar-refractivity contribution is 0.328. The minimum absolute atomic E-state index is 0.377. The molecule has 6 nitrogen and oxygen atoms in total. The van der Waals surface area contributed by atoms with Gasteiger partial charge in [-0.3, -0.25) is 4.99 Å². The van der Waals surface area contributed by atoms with Crippen LogP contribution in [0.25, 0.3) is 0 Å². The molecule has 1 aromatic heterocycles. The van der Waals surface area contributed by atoms with Crippen LogP contribution < -0.4 is 10.6 Å². The number of benzene rings is 1. The molecule has 28 heavy (non-hydrogen) atoms. The van der Waals surface area contributed by atoms with Crippen LogP contribution in [0.1, 0.15) is 43.2 Å².